The monoisotopic (exact) mass is 392 g/mol. The van der Waals surface area contributed by atoms with E-state index in [1.165, 1.54) is 12.1 Å². The predicted molar refractivity (Wildman–Crippen MR) is 99.3 cm³/mol. The average molecular weight is 392 g/mol. The number of aromatic nitrogens is 1. The Morgan fingerprint density at radius 1 is 1.18 bits per heavy atom. The van der Waals surface area contributed by atoms with E-state index < -0.39 is 11.7 Å². The first kappa shape index (κ1) is 20.3. The van der Waals surface area contributed by atoms with Crippen LogP contribution in [0.3, 0.4) is 0 Å². The number of nitrogens with two attached hydrogens (primary N) is 1. The van der Waals surface area contributed by atoms with Gasteiger partial charge in [-0.3, -0.25) is 14.7 Å². The third kappa shape index (κ3) is 5.30. The molecule has 2 aromatic rings. The molecule has 5 nitrogen and oxygen atoms in total. The van der Waals surface area contributed by atoms with Gasteiger partial charge in [0.15, 0.2) is 0 Å². The van der Waals surface area contributed by atoms with Crippen LogP contribution in [-0.2, 0) is 11.0 Å². The van der Waals surface area contributed by atoms with Crippen molar-refractivity contribution >= 4 is 5.91 Å². The Bertz CT molecular complexity index is 790. The summed E-state index contributed by atoms with van der Waals surface area (Å²) in [5, 5.41) is 3.50. The number of benzene rings is 1. The molecule has 0 saturated carbocycles. The van der Waals surface area contributed by atoms with Crippen LogP contribution in [0.4, 0.5) is 13.2 Å². The van der Waals surface area contributed by atoms with Gasteiger partial charge in [0.25, 0.3) is 0 Å². The van der Waals surface area contributed by atoms with Crippen molar-refractivity contribution in [1.29, 1.82) is 0 Å². The standard InChI is InChI=1S/C20H23F3N4O/c21-20(22,23)16-3-1-2-15(12-16)19(14-4-8-25-9-5-14)26-17-6-10-27(11-7-17)13-18(24)28/h1-5,8-9,12,17,19,26H,6-7,10-11,13H2,(H2,24,28). The molecular formula is C20H23F3N4O. The molecule has 1 unspecified atom stereocenters. The second-order valence-corrected chi connectivity index (χ2v) is 7.02. The number of carbonyl (C=O) groups excluding carboxylic acids is 1. The van der Waals surface area contributed by atoms with Crippen LogP contribution in [0.25, 0.3) is 0 Å². The van der Waals surface area contributed by atoms with Gasteiger partial charge in [-0.25, -0.2) is 0 Å². The number of alkyl halides is 3. The van der Waals surface area contributed by atoms with Crippen LogP contribution in [0, 0.1) is 0 Å². The first-order valence-electron chi connectivity index (χ1n) is 9.16. The summed E-state index contributed by atoms with van der Waals surface area (Å²) < 4.78 is 39.5. The van der Waals surface area contributed by atoms with E-state index in [1.807, 2.05) is 4.90 Å². The zero-order valence-corrected chi connectivity index (χ0v) is 15.3. The van der Waals surface area contributed by atoms with Gasteiger partial charge in [-0.05, 0) is 48.2 Å². The number of hydrogen-bond acceptors (Lipinski definition) is 4. The molecule has 1 amide bonds. The molecule has 1 aromatic heterocycles. The molecule has 3 N–H and O–H groups in total. The molecular weight excluding hydrogens is 369 g/mol. The predicted octanol–water partition coefficient (Wildman–Crippen LogP) is 2.73. The quantitative estimate of drug-likeness (QED) is 0.793. The van der Waals surface area contributed by atoms with Crippen molar-refractivity contribution < 1.29 is 18.0 Å². The van der Waals surface area contributed by atoms with Gasteiger partial charge in [0, 0.05) is 31.5 Å². The topological polar surface area (TPSA) is 71.2 Å². The van der Waals surface area contributed by atoms with E-state index in [0.29, 0.717) is 18.7 Å². The fourth-order valence-corrected chi connectivity index (χ4v) is 3.55. The van der Waals surface area contributed by atoms with Crippen molar-refractivity contribution in [2.45, 2.75) is 31.1 Å². The van der Waals surface area contributed by atoms with Crippen molar-refractivity contribution in [2.75, 3.05) is 19.6 Å². The SMILES string of the molecule is NC(=O)CN1CCC(NC(c2ccncc2)c2cccc(C(F)(F)F)c2)CC1. The Labute approximate surface area is 161 Å². The largest absolute Gasteiger partial charge is 0.416 e. The summed E-state index contributed by atoms with van der Waals surface area (Å²) in [5.74, 6) is -0.356. The first-order chi connectivity index (χ1) is 13.3. The van der Waals surface area contributed by atoms with E-state index in [1.54, 1.807) is 30.6 Å². The molecule has 3 rings (SSSR count). The molecule has 1 aromatic carbocycles. The zero-order valence-electron chi connectivity index (χ0n) is 15.3. The molecule has 0 aliphatic carbocycles. The number of likely N-dealkylation sites (tertiary alicyclic amines) is 1. The molecule has 2 heterocycles. The Morgan fingerprint density at radius 3 is 2.46 bits per heavy atom. The van der Waals surface area contributed by atoms with Gasteiger partial charge in [0.05, 0.1) is 18.2 Å². The van der Waals surface area contributed by atoms with Crippen LogP contribution in [0.5, 0.6) is 0 Å². The third-order valence-electron chi connectivity index (χ3n) is 4.96. The lowest BCUT2D eigenvalue weighted by molar-refractivity contribution is -0.137. The van der Waals surface area contributed by atoms with Crippen LogP contribution < -0.4 is 11.1 Å². The second kappa shape index (κ2) is 8.70. The number of primary amides is 1. The summed E-state index contributed by atoms with van der Waals surface area (Å²) in [6.45, 7) is 1.66. The fraction of sp³-hybridized carbons (Fsp3) is 0.400. The Hall–Kier alpha value is -2.45. The number of halogens is 3. The Balaban J connectivity index is 1.79. The number of piperidine rings is 1. The fourth-order valence-electron chi connectivity index (χ4n) is 3.55. The lowest BCUT2D eigenvalue weighted by atomic mass is 9.95. The molecule has 1 atom stereocenters. The smallest absolute Gasteiger partial charge is 0.369 e. The van der Waals surface area contributed by atoms with Gasteiger partial charge in [-0.15, -0.1) is 0 Å². The maximum atomic E-state index is 13.2. The van der Waals surface area contributed by atoms with Crippen LogP contribution >= 0.6 is 0 Å². The molecule has 8 heteroatoms. The number of carbonyl (C=O) groups is 1. The van der Waals surface area contributed by atoms with Gasteiger partial charge in [-0.1, -0.05) is 12.1 Å². The molecule has 0 bridgehead atoms. The lowest BCUT2D eigenvalue weighted by Crippen LogP contribution is -2.46. The van der Waals surface area contributed by atoms with Gasteiger partial charge >= 0.3 is 6.18 Å². The van der Waals surface area contributed by atoms with Gasteiger partial charge in [0.1, 0.15) is 0 Å². The van der Waals surface area contributed by atoms with Crippen molar-refractivity contribution in [3.05, 3.63) is 65.5 Å². The summed E-state index contributed by atoms with van der Waals surface area (Å²) in [5.41, 5.74) is 5.99. The van der Waals surface area contributed by atoms with Gasteiger partial charge < -0.3 is 11.1 Å². The number of amides is 1. The summed E-state index contributed by atoms with van der Waals surface area (Å²) in [7, 11) is 0. The number of nitrogens with zero attached hydrogens (tertiary/aromatic N) is 2. The maximum absolute atomic E-state index is 13.2. The maximum Gasteiger partial charge on any atom is 0.416 e. The molecule has 1 saturated heterocycles. The van der Waals surface area contributed by atoms with Crippen LogP contribution in [-0.4, -0.2) is 41.5 Å². The highest BCUT2D eigenvalue weighted by molar-refractivity contribution is 5.75. The third-order valence-corrected chi connectivity index (χ3v) is 4.96. The van der Waals surface area contributed by atoms with Crippen molar-refractivity contribution in [2.24, 2.45) is 5.73 Å². The van der Waals surface area contributed by atoms with E-state index >= 15 is 0 Å². The second-order valence-electron chi connectivity index (χ2n) is 7.02. The highest BCUT2D eigenvalue weighted by Gasteiger charge is 2.31. The normalized spacial score (nSPS) is 17.4. The molecule has 0 radical (unpaired) electrons. The van der Waals surface area contributed by atoms with E-state index in [-0.39, 0.29) is 24.5 Å². The number of nitrogens with one attached hydrogen (secondary N) is 1. The summed E-state index contributed by atoms with van der Waals surface area (Å²) in [6.07, 6.45) is 0.445. The minimum atomic E-state index is -4.39. The molecule has 28 heavy (non-hydrogen) atoms. The zero-order chi connectivity index (χ0) is 20.1. The van der Waals surface area contributed by atoms with Crippen LogP contribution in [0.2, 0.25) is 0 Å². The number of hydrogen-bond donors (Lipinski definition) is 2. The molecule has 1 fully saturated rings. The Morgan fingerprint density at radius 2 is 1.86 bits per heavy atom. The minimum absolute atomic E-state index is 0.122. The number of pyridine rings is 1. The minimum Gasteiger partial charge on any atom is -0.369 e. The van der Waals surface area contributed by atoms with E-state index in [0.717, 1.165) is 24.5 Å². The molecule has 1 aliphatic heterocycles. The van der Waals surface area contributed by atoms with E-state index in [4.69, 9.17) is 5.73 Å². The first-order valence-corrected chi connectivity index (χ1v) is 9.16. The summed E-state index contributed by atoms with van der Waals surface area (Å²) in [4.78, 5) is 17.1. The van der Waals surface area contributed by atoms with Crippen LogP contribution in [0.1, 0.15) is 35.6 Å². The van der Waals surface area contributed by atoms with E-state index in [9.17, 15) is 18.0 Å². The van der Waals surface area contributed by atoms with Gasteiger partial charge in [-0.2, -0.15) is 13.2 Å². The van der Waals surface area contributed by atoms with Crippen molar-refractivity contribution in [3.8, 4) is 0 Å². The summed E-state index contributed by atoms with van der Waals surface area (Å²) in [6, 6.07) is 8.77. The average Bonchev–Trinajstić information content (AvgIpc) is 2.67. The van der Waals surface area contributed by atoms with E-state index in [2.05, 4.69) is 10.3 Å². The molecule has 0 spiro atoms. The van der Waals surface area contributed by atoms with Crippen molar-refractivity contribution in [1.82, 2.24) is 15.2 Å². The van der Waals surface area contributed by atoms with Crippen molar-refractivity contribution in [3.63, 3.8) is 0 Å². The van der Waals surface area contributed by atoms with Crippen LogP contribution in [0.15, 0.2) is 48.8 Å². The lowest BCUT2D eigenvalue weighted by Gasteiger charge is -2.34. The number of rotatable bonds is 6. The molecule has 1 aliphatic rings. The Kier molecular flexibility index (Phi) is 6.31. The highest BCUT2D eigenvalue weighted by Crippen LogP contribution is 2.32. The molecule has 150 valence electrons. The van der Waals surface area contributed by atoms with Gasteiger partial charge in [0.2, 0.25) is 5.91 Å². The summed E-state index contributed by atoms with van der Waals surface area (Å²) >= 11 is 0. The highest BCUT2D eigenvalue weighted by atomic mass is 19.4.